The van der Waals surface area contributed by atoms with Crippen LogP contribution >= 0.6 is 0 Å². The second-order valence-electron chi connectivity index (χ2n) is 8.84. The summed E-state index contributed by atoms with van der Waals surface area (Å²) in [6, 6.07) is 22.9. The molecule has 0 aliphatic carbocycles. The van der Waals surface area contributed by atoms with E-state index in [4.69, 9.17) is 9.47 Å². The third kappa shape index (κ3) is 3.59. The monoisotopic (exact) mass is 456 g/mol. The van der Waals surface area contributed by atoms with E-state index in [9.17, 15) is 9.59 Å². The summed E-state index contributed by atoms with van der Waals surface area (Å²) in [5.41, 5.74) is 2.64. The van der Waals surface area contributed by atoms with Crippen molar-refractivity contribution < 1.29 is 19.1 Å². The van der Waals surface area contributed by atoms with E-state index in [0.717, 1.165) is 22.3 Å². The molecule has 2 heterocycles. The smallest absolute Gasteiger partial charge is 0.251 e. The van der Waals surface area contributed by atoms with Crippen molar-refractivity contribution in [1.82, 2.24) is 10.2 Å². The van der Waals surface area contributed by atoms with Gasteiger partial charge in [-0.2, -0.15) is 0 Å². The molecule has 0 aromatic heterocycles. The molecule has 0 unspecified atom stereocenters. The number of hydrogen-bond acceptors (Lipinski definition) is 4. The molecule has 0 radical (unpaired) electrons. The first kappa shape index (κ1) is 22.0. The minimum absolute atomic E-state index is 0.0557. The van der Waals surface area contributed by atoms with E-state index in [-0.39, 0.29) is 11.8 Å². The Morgan fingerprint density at radius 1 is 0.912 bits per heavy atom. The standard InChI is InChI=1S/C28H28N2O4/c1-33-24-16-21-13-14-30-26(31)23(15-19-9-5-3-6-10-19)29-27(32)28(30,22(21)17-25(24)34-2)18-20-11-7-4-8-12-20/h3-12,16-17,23H,13-15,18H2,1-2H3,(H,29,32)/t23-,28+/m0/s1. The van der Waals surface area contributed by atoms with Crippen LogP contribution in [0.2, 0.25) is 0 Å². The molecule has 1 saturated heterocycles. The summed E-state index contributed by atoms with van der Waals surface area (Å²) in [4.78, 5) is 29.7. The van der Waals surface area contributed by atoms with Gasteiger partial charge in [-0.3, -0.25) is 9.59 Å². The molecule has 6 heteroatoms. The molecule has 0 spiro atoms. The van der Waals surface area contributed by atoms with Crippen LogP contribution in [-0.2, 0) is 34.4 Å². The average Bonchev–Trinajstić information content (AvgIpc) is 2.87. The van der Waals surface area contributed by atoms with Crippen molar-refractivity contribution >= 4 is 11.8 Å². The van der Waals surface area contributed by atoms with Gasteiger partial charge in [0.05, 0.1) is 14.2 Å². The summed E-state index contributed by atoms with van der Waals surface area (Å²) < 4.78 is 11.1. The fraction of sp³-hybridized carbons (Fsp3) is 0.286. The van der Waals surface area contributed by atoms with Crippen molar-refractivity contribution in [2.24, 2.45) is 0 Å². The molecular formula is C28H28N2O4. The minimum atomic E-state index is -1.15. The molecule has 3 aromatic rings. The van der Waals surface area contributed by atoms with Crippen LogP contribution in [0.25, 0.3) is 0 Å². The van der Waals surface area contributed by atoms with Gasteiger partial charge in [-0.05, 0) is 40.8 Å². The van der Waals surface area contributed by atoms with E-state index in [1.807, 2.05) is 72.8 Å². The Balaban J connectivity index is 1.62. The number of fused-ring (bicyclic) bond motifs is 3. The molecule has 1 fully saturated rings. The summed E-state index contributed by atoms with van der Waals surface area (Å²) in [5.74, 6) is 0.945. The molecule has 0 bridgehead atoms. The Bertz CT molecular complexity index is 1210. The first-order chi connectivity index (χ1) is 16.6. The molecule has 5 rings (SSSR count). The van der Waals surface area contributed by atoms with Crippen LogP contribution < -0.4 is 14.8 Å². The number of carbonyl (C=O) groups is 2. The first-order valence-corrected chi connectivity index (χ1v) is 11.5. The molecule has 3 aromatic carbocycles. The second-order valence-corrected chi connectivity index (χ2v) is 8.84. The van der Waals surface area contributed by atoms with Crippen LogP contribution in [0, 0.1) is 0 Å². The number of carbonyl (C=O) groups excluding carboxylic acids is 2. The summed E-state index contributed by atoms with van der Waals surface area (Å²) >= 11 is 0. The second kappa shape index (κ2) is 8.86. The average molecular weight is 457 g/mol. The number of benzene rings is 3. The number of nitrogens with one attached hydrogen (secondary N) is 1. The van der Waals surface area contributed by atoms with Crippen LogP contribution in [-0.4, -0.2) is 43.5 Å². The number of ether oxygens (including phenoxy) is 2. The highest BCUT2D eigenvalue weighted by Crippen LogP contribution is 2.45. The van der Waals surface area contributed by atoms with Gasteiger partial charge in [0.1, 0.15) is 6.04 Å². The van der Waals surface area contributed by atoms with Crippen molar-refractivity contribution in [2.75, 3.05) is 20.8 Å². The van der Waals surface area contributed by atoms with E-state index in [0.29, 0.717) is 37.3 Å². The van der Waals surface area contributed by atoms with Crippen LogP contribution in [0.15, 0.2) is 72.8 Å². The minimum Gasteiger partial charge on any atom is -0.493 e. The first-order valence-electron chi connectivity index (χ1n) is 11.5. The van der Waals surface area contributed by atoms with Crippen LogP contribution in [0.1, 0.15) is 22.3 Å². The molecule has 2 amide bonds. The molecule has 34 heavy (non-hydrogen) atoms. The highest BCUT2D eigenvalue weighted by molar-refractivity contribution is 6.01. The maximum absolute atomic E-state index is 14.0. The molecule has 2 aliphatic rings. The molecule has 2 aliphatic heterocycles. The number of rotatable bonds is 6. The van der Waals surface area contributed by atoms with Gasteiger partial charge in [0.25, 0.3) is 5.91 Å². The van der Waals surface area contributed by atoms with Gasteiger partial charge in [-0.15, -0.1) is 0 Å². The molecule has 174 valence electrons. The number of piperazine rings is 1. The van der Waals surface area contributed by atoms with Gasteiger partial charge in [0, 0.05) is 19.4 Å². The van der Waals surface area contributed by atoms with Gasteiger partial charge in [-0.25, -0.2) is 0 Å². The lowest BCUT2D eigenvalue weighted by molar-refractivity contribution is -0.159. The number of amides is 2. The molecule has 1 N–H and O–H groups in total. The zero-order chi connectivity index (χ0) is 23.7. The van der Waals surface area contributed by atoms with E-state index in [1.165, 1.54) is 0 Å². The van der Waals surface area contributed by atoms with Crippen LogP contribution in [0.5, 0.6) is 11.5 Å². The number of methoxy groups -OCH3 is 2. The third-order valence-corrected chi connectivity index (χ3v) is 6.95. The largest absolute Gasteiger partial charge is 0.493 e. The van der Waals surface area contributed by atoms with Crippen molar-refractivity contribution in [3.05, 3.63) is 95.1 Å². The quantitative estimate of drug-likeness (QED) is 0.618. The van der Waals surface area contributed by atoms with E-state index in [1.54, 1.807) is 19.1 Å². The fourth-order valence-corrected chi connectivity index (χ4v) is 5.30. The third-order valence-electron chi connectivity index (χ3n) is 6.95. The van der Waals surface area contributed by atoms with Gasteiger partial charge in [0.15, 0.2) is 17.0 Å². The van der Waals surface area contributed by atoms with E-state index in [2.05, 4.69) is 5.32 Å². The number of hydrogen-bond donors (Lipinski definition) is 1. The number of nitrogens with zero attached hydrogens (tertiary/aromatic N) is 1. The van der Waals surface area contributed by atoms with Crippen LogP contribution in [0.3, 0.4) is 0 Å². The van der Waals surface area contributed by atoms with Gasteiger partial charge < -0.3 is 19.7 Å². The van der Waals surface area contributed by atoms with Gasteiger partial charge >= 0.3 is 0 Å². The zero-order valence-corrected chi connectivity index (χ0v) is 19.4. The predicted octanol–water partition coefficient (Wildman–Crippen LogP) is 3.27. The summed E-state index contributed by atoms with van der Waals surface area (Å²) in [5, 5.41) is 3.08. The van der Waals surface area contributed by atoms with Crippen LogP contribution in [0.4, 0.5) is 0 Å². The van der Waals surface area contributed by atoms with E-state index < -0.39 is 11.6 Å². The van der Waals surface area contributed by atoms with Crippen molar-refractivity contribution in [2.45, 2.75) is 30.8 Å². The lowest BCUT2D eigenvalue weighted by Crippen LogP contribution is -2.71. The topological polar surface area (TPSA) is 67.9 Å². The summed E-state index contributed by atoms with van der Waals surface area (Å²) in [6.07, 6.45) is 1.48. The Morgan fingerprint density at radius 3 is 2.18 bits per heavy atom. The predicted molar refractivity (Wildman–Crippen MR) is 129 cm³/mol. The Morgan fingerprint density at radius 2 is 1.53 bits per heavy atom. The highest BCUT2D eigenvalue weighted by atomic mass is 16.5. The lowest BCUT2D eigenvalue weighted by atomic mass is 9.73. The Kier molecular flexibility index (Phi) is 5.74. The fourth-order valence-electron chi connectivity index (χ4n) is 5.30. The summed E-state index contributed by atoms with van der Waals surface area (Å²) in [6.45, 7) is 0.465. The van der Waals surface area contributed by atoms with Crippen molar-refractivity contribution in [3.63, 3.8) is 0 Å². The van der Waals surface area contributed by atoms with Crippen molar-refractivity contribution in [1.29, 1.82) is 0 Å². The van der Waals surface area contributed by atoms with E-state index >= 15 is 0 Å². The Hall–Kier alpha value is -3.80. The lowest BCUT2D eigenvalue weighted by Gasteiger charge is -2.51. The zero-order valence-electron chi connectivity index (χ0n) is 19.4. The SMILES string of the molecule is COc1cc2c(cc1OC)[C@]1(Cc3ccccc3)C(=O)N[C@@H](Cc3ccccc3)C(=O)N1CC2. The molecular weight excluding hydrogens is 428 g/mol. The maximum atomic E-state index is 14.0. The summed E-state index contributed by atoms with van der Waals surface area (Å²) in [7, 11) is 3.18. The molecule has 0 saturated carbocycles. The maximum Gasteiger partial charge on any atom is 0.251 e. The van der Waals surface area contributed by atoms with Crippen molar-refractivity contribution in [3.8, 4) is 11.5 Å². The molecule has 2 atom stereocenters. The highest BCUT2D eigenvalue weighted by Gasteiger charge is 2.56. The Labute approximate surface area is 199 Å². The van der Waals surface area contributed by atoms with Gasteiger partial charge in [0.2, 0.25) is 5.91 Å². The normalized spacial score (nSPS) is 21.4. The molecule has 6 nitrogen and oxygen atoms in total. The van der Waals surface area contributed by atoms with Gasteiger partial charge in [-0.1, -0.05) is 60.7 Å².